The van der Waals surface area contributed by atoms with Gasteiger partial charge in [-0.1, -0.05) is 13.4 Å². The molecule has 80 valence electrons. The van der Waals surface area contributed by atoms with Gasteiger partial charge in [0, 0.05) is 0 Å². The summed E-state index contributed by atoms with van der Waals surface area (Å²) < 4.78 is 8.98. The van der Waals surface area contributed by atoms with E-state index < -0.39 is 29.9 Å². The van der Waals surface area contributed by atoms with Crippen LogP contribution in [-0.4, -0.2) is 24.5 Å². The summed E-state index contributed by atoms with van der Waals surface area (Å²) in [7, 11) is 0. The predicted molar refractivity (Wildman–Crippen MR) is 44.6 cm³/mol. The Bertz CT molecular complexity index is 265. The number of hydrogen-bond acceptors (Lipinski definition) is 5. The van der Waals surface area contributed by atoms with Gasteiger partial charge in [0.25, 0.3) is 0 Å². The molecule has 15 heavy (non-hydrogen) atoms. The Balaban J connectivity index is 0.00000196. The molecule has 0 amide bonds. The maximum atomic E-state index is 11.2. The van der Waals surface area contributed by atoms with Crippen LogP contribution in [-0.2, 0) is 23.9 Å². The first-order valence-corrected chi connectivity index (χ1v) is 4.40. The number of cyclic esters (lactones) is 2. The molecule has 1 aliphatic rings. The van der Waals surface area contributed by atoms with Crippen molar-refractivity contribution in [3.8, 4) is 0 Å². The smallest absolute Gasteiger partial charge is 0.321 e. The van der Waals surface area contributed by atoms with Gasteiger partial charge in [-0.2, -0.15) is 0 Å². The molecule has 0 spiro atoms. The average molecular weight is 466 g/mol. The van der Waals surface area contributed by atoms with Crippen molar-refractivity contribution in [2.24, 2.45) is 11.8 Å². The molecule has 1 fully saturated rings. The second-order valence-electron chi connectivity index (χ2n) is 3.19. The topological polar surface area (TPSA) is 69.7 Å². The van der Waals surface area contributed by atoms with Crippen molar-refractivity contribution in [3.05, 3.63) is 0 Å². The molecule has 6 heteroatoms. The van der Waals surface area contributed by atoms with Gasteiger partial charge in [0.15, 0.2) is 0 Å². The second-order valence-corrected chi connectivity index (χ2v) is 3.19. The maximum absolute atomic E-state index is 11.2. The summed E-state index contributed by atoms with van der Waals surface area (Å²) in [4.78, 5) is 32.3. The quantitative estimate of drug-likeness (QED) is 0.336. The zero-order valence-electron chi connectivity index (χ0n) is 8.69. The van der Waals surface area contributed by atoms with E-state index in [4.69, 9.17) is 0 Å². The van der Waals surface area contributed by atoms with E-state index in [1.807, 2.05) is 0 Å². The van der Waals surface area contributed by atoms with Gasteiger partial charge < -0.3 is 14.3 Å². The summed E-state index contributed by atoms with van der Waals surface area (Å²) in [5.74, 6) is -2.35. The maximum Gasteiger partial charge on any atom is 0.321 e. The van der Waals surface area contributed by atoms with Crippen molar-refractivity contribution in [1.82, 2.24) is 0 Å². The van der Waals surface area contributed by atoms with E-state index >= 15 is 0 Å². The first-order chi connectivity index (χ1) is 6.61. The molecule has 0 aromatic carbocycles. The Kier molecular flexibility index (Phi) is 3.98. The van der Waals surface area contributed by atoms with Gasteiger partial charge >= 0.3 is 11.9 Å². The molecule has 0 bridgehead atoms. The predicted octanol–water partition coefficient (Wildman–Crippen LogP) is 0.184. The molecule has 5 nitrogen and oxygen atoms in total. The van der Waals surface area contributed by atoms with Crippen molar-refractivity contribution < 1.29 is 23.9 Å². The van der Waals surface area contributed by atoms with Crippen LogP contribution in [0, 0.1) is 11.8 Å². The molecule has 1 heterocycles. The van der Waals surface area contributed by atoms with Gasteiger partial charge in [-0.05, 0) is 13.3 Å². The molecule has 0 saturated carbocycles. The van der Waals surface area contributed by atoms with Crippen LogP contribution >= 0.6 is 0 Å². The largest absolute Gasteiger partial charge is 0.650 e. The number of rotatable bonds is 4. The van der Waals surface area contributed by atoms with Crippen LogP contribution in [0.3, 0.4) is 0 Å². The van der Waals surface area contributed by atoms with E-state index in [1.165, 1.54) is 13.4 Å². The summed E-state index contributed by atoms with van der Waals surface area (Å²) >= 11 is 0. The van der Waals surface area contributed by atoms with Gasteiger partial charge in [0.2, 0.25) is 0 Å². The third-order valence-corrected chi connectivity index (χ3v) is 2.39. The van der Waals surface area contributed by atoms with Crippen LogP contribution in [0.1, 0.15) is 20.3 Å². The minimum Gasteiger partial charge on any atom is -0.650 e. The van der Waals surface area contributed by atoms with Gasteiger partial charge in [-0.3, -0.25) is 9.59 Å². The zero-order valence-corrected chi connectivity index (χ0v) is 15.1. The molecular formula is C9H11O5Rf-. The Labute approximate surface area is 81.4 Å². The number of carbonyl (C=O) groups is 2. The van der Waals surface area contributed by atoms with Crippen LogP contribution in [0.25, 0.3) is 0 Å². The SMILES string of the molecule is CCC1C(=O)OC(=O)C1C(C)O[C-]=O.[Rf]. The van der Waals surface area contributed by atoms with Crippen LogP contribution < -0.4 is 0 Å². The minimum atomic E-state index is -0.686. The number of esters is 2. The van der Waals surface area contributed by atoms with E-state index in [9.17, 15) is 14.4 Å². The summed E-state index contributed by atoms with van der Waals surface area (Å²) in [5, 5.41) is 0. The number of hydrogen-bond donors (Lipinski definition) is 0. The van der Waals surface area contributed by atoms with Crippen LogP contribution in [0.4, 0.5) is 0 Å². The summed E-state index contributed by atoms with van der Waals surface area (Å²) in [6.45, 7) is 4.57. The van der Waals surface area contributed by atoms with E-state index in [-0.39, 0.29) is 0 Å². The normalized spacial score (nSPS) is 26.5. The van der Waals surface area contributed by atoms with Crippen molar-refractivity contribution in [2.75, 3.05) is 0 Å². The first-order valence-electron chi connectivity index (χ1n) is 4.40. The Morgan fingerprint density at radius 3 is 2.53 bits per heavy atom. The Morgan fingerprint density at radius 2 is 2.07 bits per heavy atom. The van der Waals surface area contributed by atoms with Crippen LogP contribution in [0.2, 0.25) is 0 Å². The van der Waals surface area contributed by atoms with Gasteiger partial charge in [0.1, 0.15) is 5.92 Å². The molecule has 0 N–H and O–H groups in total. The molecule has 0 aliphatic carbocycles. The molecule has 1 saturated heterocycles. The Hall–Kier alpha value is -2.39. The monoisotopic (exact) mass is 466 g/mol. The van der Waals surface area contributed by atoms with E-state index in [0.717, 1.165) is 0 Å². The van der Waals surface area contributed by atoms with E-state index in [2.05, 4.69) is 9.47 Å². The van der Waals surface area contributed by atoms with E-state index in [1.54, 1.807) is 6.92 Å². The fraction of sp³-hybridized carbons (Fsp3) is 0.667. The molecule has 0 aromatic heterocycles. The summed E-state index contributed by atoms with van der Waals surface area (Å²) in [6, 6.07) is 0. The molecule has 0 radical (unpaired) electrons. The van der Waals surface area contributed by atoms with Gasteiger partial charge in [-0.15, -0.1) is 0 Å². The number of ether oxygens (including phenoxy) is 2. The standard InChI is InChI=1S/C9H11O5.Rf/c1-3-6-7(5(2)13-4-10)9(12)14-8(6)11;/h5-7H,3H2,1-2H3;/q-1;. The molecule has 0 aromatic rings. The van der Waals surface area contributed by atoms with Gasteiger partial charge in [0.05, 0.1) is 12.0 Å². The van der Waals surface area contributed by atoms with Crippen LogP contribution in [0.5, 0.6) is 0 Å². The Morgan fingerprint density at radius 1 is 1.47 bits per heavy atom. The molecule has 3 atom stereocenters. The number of carbonyl (C=O) groups excluding carboxylic acids is 3. The first kappa shape index (κ1) is 12.6. The third kappa shape index (κ3) is 2.10. The van der Waals surface area contributed by atoms with Gasteiger partial charge in [-0.25, -0.2) is 0 Å². The van der Waals surface area contributed by atoms with Crippen molar-refractivity contribution in [1.29, 1.82) is 0 Å². The molecule has 3 unspecified atom stereocenters. The molecule has 1 rings (SSSR count). The molecule has 1 aliphatic heterocycles. The average Bonchev–Trinajstić information content (AvgIpc) is 2.40. The fourth-order valence-electron chi connectivity index (χ4n) is 1.64. The third-order valence-electron chi connectivity index (χ3n) is 2.39. The molecular weight excluding hydrogens is 455 g/mol. The van der Waals surface area contributed by atoms with Crippen molar-refractivity contribution in [2.45, 2.75) is 26.4 Å². The zero-order chi connectivity index (χ0) is 10.7. The second kappa shape index (κ2) is 4.74. The van der Waals surface area contributed by atoms with E-state index in [0.29, 0.717) is 6.42 Å². The van der Waals surface area contributed by atoms with Crippen LogP contribution in [0.15, 0.2) is 0 Å². The minimum absolute atomic E-state index is 0. The fourth-order valence-corrected chi connectivity index (χ4v) is 1.64. The van der Waals surface area contributed by atoms with Crippen molar-refractivity contribution >= 4 is 18.4 Å². The summed E-state index contributed by atoms with van der Waals surface area (Å²) in [6.07, 6.45) is -0.182. The van der Waals surface area contributed by atoms with Crippen molar-refractivity contribution in [3.63, 3.8) is 0 Å². The summed E-state index contributed by atoms with van der Waals surface area (Å²) in [5.41, 5.74) is 0.